The van der Waals surface area contributed by atoms with Gasteiger partial charge in [0.2, 0.25) is 0 Å². The molecule has 1 fully saturated rings. The number of nitrogens with zero attached hydrogens (tertiary/aromatic N) is 3. The molecule has 3 heterocycles. The minimum Gasteiger partial charge on any atom is -0.507 e. The van der Waals surface area contributed by atoms with Gasteiger partial charge in [0, 0.05) is 36.1 Å². The molecule has 0 radical (unpaired) electrons. The molecule has 0 spiro atoms. The van der Waals surface area contributed by atoms with Crippen LogP contribution in [0.15, 0.2) is 66.8 Å². The van der Waals surface area contributed by atoms with Gasteiger partial charge in [0.05, 0.1) is 17.9 Å². The third-order valence-corrected chi connectivity index (χ3v) is 6.13. The monoisotopic (exact) mass is 479 g/mol. The van der Waals surface area contributed by atoms with E-state index in [0.29, 0.717) is 60.4 Å². The lowest BCUT2D eigenvalue weighted by Crippen LogP contribution is -2.31. The maximum Gasteiger partial charge on any atom is 0.295 e. The quantitative estimate of drug-likeness (QED) is 0.328. The second-order valence-corrected chi connectivity index (χ2v) is 8.50. The van der Waals surface area contributed by atoms with Gasteiger partial charge in [-0.05, 0) is 42.3 Å². The van der Waals surface area contributed by atoms with Gasteiger partial charge in [0.15, 0.2) is 11.5 Å². The number of Topliss-reactive ketones (excluding diaryl/α,β-unsaturated/α-hetero) is 1. The third-order valence-electron chi connectivity index (χ3n) is 5.89. The number of rotatable bonds is 6. The molecule has 1 amide bonds. The SMILES string of the molecule is O=C1C(=O)N(CCCn2ccnc2)C(c2cccc(Cl)c2)/C1=C(/O)c1ccc2c(c1)OCCO2. The number of benzene rings is 2. The first-order valence-corrected chi connectivity index (χ1v) is 11.3. The summed E-state index contributed by atoms with van der Waals surface area (Å²) in [6.45, 7) is 1.78. The van der Waals surface area contributed by atoms with Crippen LogP contribution in [0.3, 0.4) is 0 Å². The fourth-order valence-corrected chi connectivity index (χ4v) is 4.52. The van der Waals surface area contributed by atoms with Gasteiger partial charge in [-0.3, -0.25) is 9.59 Å². The topological polar surface area (TPSA) is 93.9 Å². The summed E-state index contributed by atoms with van der Waals surface area (Å²) in [7, 11) is 0. The Labute approximate surface area is 201 Å². The lowest BCUT2D eigenvalue weighted by molar-refractivity contribution is -0.139. The van der Waals surface area contributed by atoms with E-state index in [2.05, 4.69) is 4.98 Å². The summed E-state index contributed by atoms with van der Waals surface area (Å²) in [4.78, 5) is 31.8. The van der Waals surface area contributed by atoms with Gasteiger partial charge < -0.3 is 24.0 Å². The van der Waals surface area contributed by atoms with Gasteiger partial charge >= 0.3 is 0 Å². The van der Waals surface area contributed by atoms with E-state index in [1.807, 2.05) is 10.8 Å². The number of amides is 1. The number of fused-ring (bicyclic) bond motifs is 1. The number of likely N-dealkylation sites (tertiary alicyclic amines) is 1. The number of aromatic nitrogens is 2. The normalized spacial score (nSPS) is 19.0. The van der Waals surface area contributed by atoms with Crippen LogP contribution in [0.25, 0.3) is 5.76 Å². The number of ketones is 1. The summed E-state index contributed by atoms with van der Waals surface area (Å²) in [6, 6.07) is 11.1. The number of ether oxygens (including phenoxy) is 2. The molecule has 1 N–H and O–H groups in total. The number of aryl methyl sites for hydroxylation is 1. The van der Waals surface area contributed by atoms with E-state index in [1.165, 1.54) is 4.90 Å². The number of aliphatic hydroxyl groups excluding tert-OH is 1. The molecule has 2 aliphatic heterocycles. The molecule has 2 aromatic carbocycles. The molecule has 34 heavy (non-hydrogen) atoms. The minimum atomic E-state index is -0.769. The highest BCUT2D eigenvalue weighted by Gasteiger charge is 2.45. The van der Waals surface area contributed by atoms with Crippen LogP contribution in [0.5, 0.6) is 11.5 Å². The van der Waals surface area contributed by atoms with Crippen molar-refractivity contribution in [3.05, 3.63) is 82.9 Å². The summed E-state index contributed by atoms with van der Waals surface area (Å²) in [5.41, 5.74) is 1.03. The number of hydrogen-bond donors (Lipinski definition) is 1. The van der Waals surface area contributed by atoms with Crippen LogP contribution in [0.1, 0.15) is 23.6 Å². The molecule has 1 saturated heterocycles. The van der Waals surface area contributed by atoms with Crippen LogP contribution in [0.2, 0.25) is 5.02 Å². The first-order valence-electron chi connectivity index (χ1n) is 10.9. The minimum absolute atomic E-state index is 0.0200. The molecule has 0 aliphatic carbocycles. The Bertz CT molecular complexity index is 1270. The van der Waals surface area contributed by atoms with Gasteiger partial charge in [-0.25, -0.2) is 4.98 Å². The number of carbonyl (C=O) groups is 2. The van der Waals surface area contributed by atoms with Crippen LogP contribution in [0, 0.1) is 0 Å². The molecule has 9 heteroatoms. The Balaban J connectivity index is 1.54. The number of aliphatic hydroxyl groups is 1. The number of carbonyl (C=O) groups excluding carboxylic acids is 2. The van der Waals surface area contributed by atoms with Gasteiger partial charge in [-0.1, -0.05) is 23.7 Å². The van der Waals surface area contributed by atoms with E-state index in [9.17, 15) is 14.7 Å². The van der Waals surface area contributed by atoms with Crippen molar-refractivity contribution in [2.45, 2.75) is 19.0 Å². The highest BCUT2D eigenvalue weighted by atomic mass is 35.5. The molecule has 2 aliphatic rings. The molecule has 1 aromatic heterocycles. The highest BCUT2D eigenvalue weighted by Crippen LogP contribution is 2.41. The van der Waals surface area contributed by atoms with Crippen molar-refractivity contribution >= 4 is 29.1 Å². The molecule has 174 valence electrons. The standard InChI is InChI=1S/C25H22ClN3O5/c26-18-4-1-3-16(13-18)22-21(23(30)17-5-6-19-20(14-17)34-12-11-33-19)24(31)25(32)29(22)9-2-8-28-10-7-27-15-28/h1,3-7,10,13-15,22,30H,2,8-9,11-12H2/b23-21-. The Morgan fingerprint density at radius 1 is 1.09 bits per heavy atom. The van der Waals surface area contributed by atoms with Crippen molar-refractivity contribution < 1.29 is 24.2 Å². The molecule has 0 bridgehead atoms. The van der Waals surface area contributed by atoms with E-state index >= 15 is 0 Å². The fraction of sp³-hybridized carbons (Fsp3) is 0.240. The van der Waals surface area contributed by atoms with Gasteiger partial charge in [-0.15, -0.1) is 0 Å². The van der Waals surface area contributed by atoms with Crippen LogP contribution in [-0.4, -0.2) is 51.0 Å². The Morgan fingerprint density at radius 3 is 2.68 bits per heavy atom. The van der Waals surface area contributed by atoms with Crippen LogP contribution < -0.4 is 9.47 Å². The molecule has 5 rings (SSSR count). The summed E-state index contributed by atoms with van der Waals surface area (Å²) < 4.78 is 13.1. The smallest absolute Gasteiger partial charge is 0.295 e. The van der Waals surface area contributed by atoms with Crippen molar-refractivity contribution in [2.75, 3.05) is 19.8 Å². The second kappa shape index (κ2) is 9.23. The molecule has 1 atom stereocenters. The lowest BCUT2D eigenvalue weighted by Gasteiger charge is -2.25. The average Bonchev–Trinajstić information content (AvgIpc) is 3.45. The van der Waals surface area contributed by atoms with E-state index in [1.54, 1.807) is 55.0 Å². The number of hydrogen-bond acceptors (Lipinski definition) is 6. The molecule has 1 unspecified atom stereocenters. The molecule has 3 aromatic rings. The number of imidazole rings is 1. The molecule has 8 nitrogen and oxygen atoms in total. The maximum absolute atomic E-state index is 13.2. The Morgan fingerprint density at radius 2 is 1.91 bits per heavy atom. The summed E-state index contributed by atoms with van der Waals surface area (Å²) in [5, 5.41) is 11.7. The summed E-state index contributed by atoms with van der Waals surface area (Å²) in [5.74, 6) is -0.620. The average molecular weight is 480 g/mol. The molecular formula is C25H22ClN3O5. The van der Waals surface area contributed by atoms with Crippen molar-refractivity contribution in [1.82, 2.24) is 14.5 Å². The van der Waals surface area contributed by atoms with Gasteiger partial charge in [-0.2, -0.15) is 0 Å². The van der Waals surface area contributed by atoms with Crippen LogP contribution >= 0.6 is 11.6 Å². The van der Waals surface area contributed by atoms with E-state index < -0.39 is 17.7 Å². The first-order chi connectivity index (χ1) is 16.5. The van der Waals surface area contributed by atoms with Crippen molar-refractivity contribution in [1.29, 1.82) is 0 Å². The van der Waals surface area contributed by atoms with Gasteiger partial charge in [0.25, 0.3) is 11.7 Å². The Kier molecular flexibility index (Phi) is 5.98. The fourth-order valence-electron chi connectivity index (χ4n) is 4.32. The van der Waals surface area contributed by atoms with Crippen LogP contribution in [-0.2, 0) is 16.1 Å². The van der Waals surface area contributed by atoms with Crippen molar-refractivity contribution in [3.63, 3.8) is 0 Å². The van der Waals surface area contributed by atoms with Crippen molar-refractivity contribution in [2.24, 2.45) is 0 Å². The molecular weight excluding hydrogens is 458 g/mol. The summed E-state index contributed by atoms with van der Waals surface area (Å²) in [6.07, 6.45) is 5.82. The Hall–Kier alpha value is -3.78. The van der Waals surface area contributed by atoms with E-state index in [4.69, 9.17) is 21.1 Å². The lowest BCUT2D eigenvalue weighted by atomic mass is 9.95. The van der Waals surface area contributed by atoms with Gasteiger partial charge in [0.1, 0.15) is 19.0 Å². The van der Waals surface area contributed by atoms with E-state index in [-0.39, 0.29) is 11.3 Å². The third kappa shape index (κ3) is 4.12. The maximum atomic E-state index is 13.2. The van der Waals surface area contributed by atoms with Crippen LogP contribution in [0.4, 0.5) is 0 Å². The number of halogens is 1. The zero-order valence-electron chi connectivity index (χ0n) is 18.2. The summed E-state index contributed by atoms with van der Waals surface area (Å²) >= 11 is 6.23. The van der Waals surface area contributed by atoms with Crippen molar-refractivity contribution in [3.8, 4) is 11.5 Å². The zero-order chi connectivity index (χ0) is 23.7. The predicted octanol–water partition coefficient (Wildman–Crippen LogP) is 3.82. The van der Waals surface area contributed by atoms with E-state index in [0.717, 1.165) is 0 Å². The molecule has 0 saturated carbocycles. The highest BCUT2D eigenvalue weighted by molar-refractivity contribution is 6.46. The largest absolute Gasteiger partial charge is 0.507 e. The predicted molar refractivity (Wildman–Crippen MR) is 125 cm³/mol. The second-order valence-electron chi connectivity index (χ2n) is 8.06. The first kappa shape index (κ1) is 22.0. The zero-order valence-corrected chi connectivity index (χ0v) is 18.9.